The summed E-state index contributed by atoms with van der Waals surface area (Å²) in [7, 11) is 0. The number of ether oxygens (including phenoxy) is 1. The Morgan fingerprint density at radius 2 is 1.92 bits per heavy atom. The summed E-state index contributed by atoms with van der Waals surface area (Å²) in [5.41, 5.74) is 0. The van der Waals surface area contributed by atoms with Gasteiger partial charge in [-0.1, -0.05) is 31.0 Å². The lowest BCUT2D eigenvalue weighted by Crippen LogP contribution is -2.42. The summed E-state index contributed by atoms with van der Waals surface area (Å²) in [6.07, 6.45) is 8.97. The van der Waals surface area contributed by atoms with Gasteiger partial charge >= 0.3 is 5.97 Å². The summed E-state index contributed by atoms with van der Waals surface area (Å²) in [5, 5.41) is 9.54. The Bertz CT molecular complexity index is 519. The van der Waals surface area contributed by atoms with Gasteiger partial charge in [0.1, 0.15) is 11.8 Å². The second-order valence-electron chi connectivity index (χ2n) is 7.16. The third-order valence-electron chi connectivity index (χ3n) is 5.58. The van der Waals surface area contributed by atoms with Crippen LogP contribution in [0.25, 0.3) is 0 Å². The Labute approximate surface area is 144 Å². The number of rotatable bonds is 8. The SMILES string of the molecule is O=C(O)C1CC2CCCCC2N1CCCCCOc1ccccc1. The van der Waals surface area contributed by atoms with Crippen LogP contribution in [-0.4, -0.2) is 41.2 Å². The van der Waals surface area contributed by atoms with Crippen molar-refractivity contribution in [1.82, 2.24) is 4.90 Å². The number of carboxylic acids is 1. The van der Waals surface area contributed by atoms with Gasteiger partial charge in [0, 0.05) is 6.04 Å². The Kier molecular flexibility index (Phi) is 6.13. The van der Waals surface area contributed by atoms with E-state index in [0.717, 1.165) is 44.6 Å². The monoisotopic (exact) mass is 331 g/mol. The Hall–Kier alpha value is -1.55. The number of fused-ring (bicyclic) bond motifs is 1. The summed E-state index contributed by atoms with van der Waals surface area (Å²) < 4.78 is 5.72. The zero-order valence-corrected chi connectivity index (χ0v) is 14.4. The molecule has 1 aliphatic carbocycles. The first-order valence-electron chi connectivity index (χ1n) is 9.42. The van der Waals surface area contributed by atoms with Gasteiger partial charge in [-0.2, -0.15) is 0 Å². The molecule has 2 fully saturated rings. The predicted molar refractivity (Wildman–Crippen MR) is 94.3 cm³/mol. The van der Waals surface area contributed by atoms with E-state index in [4.69, 9.17) is 4.74 Å². The van der Waals surface area contributed by atoms with Gasteiger partial charge in [0.2, 0.25) is 0 Å². The summed E-state index contributed by atoms with van der Waals surface area (Å²) >= 11 is 0. The van der Waals surface area contributed by atoms with Crippen molar-refractivity contribution in [2.45, 2.75) is 63.5 Å². The molecule has 0 bridgehead atoms. The molecule has 1 aromatic rings. The maximum absolute atomic E-state index is 11.6. The molecule has 4 heteroatoms. The zero-order chi connectivity index (χ0) is 16.8. The Morgan fingerprint density at radius 3 is 2.71 bits per heavy atom. The van der Waals surface area contributed by atoms with Gasteiger partial charge in [-0.15, -0.1) is 0 Å². The smallest absolute Gasteiger partial charge is 0.320 e. The van der Waals surface area contributed by atoms with Crippen LogP contribution in [0.3, 0.4) is 0 Å². The number of hydrogen-bond acceptors (Lipinski definition) is 3. The minimum Gasteiger partial charge on any atom is -0.494 e. The molecule has 1 aliphatic heterocycles. The van der Waals surface area contributed by atoms with Gasteiger partial charge in [0.15, 0.2) is 0 Å². The molecule has 3 unspecified atom stereocenters. The average Bonchev–Trinajstić information content (AvgIpc) is 2.98. The van der Waals surface area contributed by atoms with Crippen LogP contribution in [0.1, 0.15) is 51.4 Å². The van der Waals surface area contributed by atoms with E-state index in [9.17, 15) is 9.90 Å². The molecule has 0 amide bonds. The van der Waals surface area contributed by atoms with Crippen LogP contribution in [0.5, 0.6) is 5.75 Å². The fraction of sp³-hybridized carbons (Fsp3) is 0.650. The lowest BCUT2D eigenvalue weighted by atomic mass is 9.85. The molecule has 3 atom stereocenters. The highest BCUT2D eigenvalue weighted by molar-refractivity contribution is 5.74. The summed E-state index contributed by atoms with van der Waals surface area (Å²) in [6.45, 7) is 1.65. The first kappa shape index (κ1) is 17.3. The third-order valence-corrected chi connectivity index (χ3v) is 5.58. The quantitative estimate of drug-likeness (QED) is 0.733. The van der Waals surface area contributed by atoms with Crippen molar-refractivity contribution >= 4 is 5.97 Å². The number of likely N-dealkylation sites (tertiary alicyclic amines) is 1. The molecule has 24 heavy (non-hydrogen) atoms. The van der Waals surface area contributed by atoms with Crippen molar-refractivity contribution in [3.8, 4) is 5.75 Å². The maximum Gasteiger partial charge on any atom is 0.320 e. The number of carbonyl (C=O) groups is 1. The third kappa shape index (κ3) is 4.29. The van der Waals surface area contributed by atoms with Crippen LogP contribution in [0.4, 0.5) is 0 Å². The molecule has 2 aliphatic rings. The summed E-state index contributed by atoms with van der Waals surface area (Å²) in [5.74, 6) is 0.908. The van der Waals surface area contributed by atoms with E-state index in [1.807, 2.05) is 30.3 Å². The fourth-order valence-electron chi connectivity index (χ4n) is 4.40. The van der Waals surface area contributed by atoms with Crippen LogP contribution >= 0.6 is 0 Å². The second-order valence-corrected chi connectivity index (χ2v) is 7.16. The van der Waals surface area contributed by atoms with Gasteiger partial charge in [-0.3, -0.25) is 9.69 Å². The molecule has 1 aromatic carbocycles. The lowest BCUT2D eigenvalue weighted by Gasteiger charge is -2.33. The summed E-state index contributed by atoms with van der Waals surface area (Å²) in [6, 6.07) is 10.2. The Morgan fingerprint density at radius 1 is 1.12 bits per heavy atom. The van der Waals surface area contributed by atoms with Crippen molar-refractivity contribution in [1.29, 1.82) is 0 Å². The van der Waals surface area contributed by atoms with E-state index in [1.165, 1.54) is 25.7 Å². The highest BCUT2D eigenvalue weighted by atomic mass is 16.5. The molecule has 4 nitrogen and oxygen atoms in total. The van der Waals surface area contributed by atoms with Gasteiger partial charge < -0.3 is 9.84 Å². The molecular weight excluding hydrogens is 302 g/mol. The largest absolute Gasteiger partial charge is 0.494 e. The number of carboxylic acid groups (broad SMARTS) is 1. The number of benzene rings is 1. The van der Waals surface area contributed by atoms with Crippen molar-refractivity contribution in [2.75, 3.05) is 13.2 Å². The van der Waals surface area contributed by atoms with Gasteiger partial charge in [-0.05, 0) is 63.1 Å². The highest BCUT2D eigenvalue weighted by Gasteiger charge is 2.44. The second kappa shape index (κ2) is 8.52. The molecule has 1 N–H and O–H groups in total. The van der Waals surface area contributed by atoms with Crippen molar-refractivity contribution in [2.24, 2.45) is 5.92 Å². The van der Waals surface area contributed by atoms with Gasteiger partial charge in [-0.25, -0.2) is 0 Å². The average molecular weight is 331 g/mol. The van der Waals surface area contributed by atoms with Crippen molar-refractivity contribution in [3.63, 3.8) is 0 Å². The normalized spacial score (nSPS) is 26.9. The van der Waals surface area contributed by atoms with Crippen LogP contribution in [0.2, 0.25) is 0 Å². The van der Waals surface area contributed by atoms with Crippen LogP contribution in [0, 0.1) is 5.92 Å². The van der Waals surface area contributed by atoms with E-state index in [2.05, 4.69) is 4.90 Å². The van der Waals surface area contributed by atoms with E-state index in [0.29, 0.717) is 12.0 Å². The molecule has 3 rings (SSSR count). The fourth-order valence-corrected chi connectivity index (χ4v) is 4.40. The highest BCUT2D eigenvalue weighted by Crippen LogP contribution is 2.39. The van der Waals surface area contributed by atoms with E-state index in [1.54, 1.807) is 0 Å². The number of para-hydroxylation sites is 1. The minimum absolute atomic E-state index is 0.251. The molecule has 0 spiro atoms. The number of nitrogens with zero attached hydrogens (tertiary/aromatic N) is 1. The van der Waals surface area contributed by atoms with Crippen molar-refractivity contribution in [3.05, 3.63) is 30.3 Å². The lowest BCUT2D eigenvalue weighted by molar-refractivity contribution is -0.142. The molecule has 0 radical (unpaired) electrons. The Balaban J connectivity index is 1.39. The van der Waals surface area contributed by atoms with Crippen molar-refractivity contribution < 1.29 is 14.6 Å². The van der Waals surface area contributed by atoms with Crippen LogP contribution in [0.15, 0.2) is 30.3 Å². The minimum atomic E-state index is -0.628. The van der Waals surface area contributed by atoms with Gasteiger partial charge in [0.05, 0.1) is 6.61 Å². The first-order valence-corrected chi connectivity index (χ1v) is 9.42. The van der Waals surface area contributed by atoms with Gasteiger partial charge in [0.25, 0.3) is 0 Å². The van der Waals surface area contributed by atoms with Crippen LogP contribution in [-0.2, 0) is 4.79 Å². The molecule has 1 saturated heterocycles. The van der Waals surface area contributed by atoms with E-state index >= 15 is 0 Å². The summed E-state index contributed by atoms with van der Waals surface area (Å²) in [4.78, 5) is 13.9. The number of aliphatic carboxylic acids is 1. The van der Waals surface area contributed by atoms with E-state index in [-0.39, 0.29) is 6.04 Å². The molecular formula is C20H29NO3. The molecule has 1 saturated carbocycles. The standard InChI is InChI=1S/C20H29NO3/c22-20(23)19-15-16-9-5-6-12-18(16)21(19)13-7-2-8-14-24-17-10-3-1-4-11-17/h1,3-4,10-11,16,18-19H,2,5-9,12-15H2,(H,22,23). The molecule has 132 valence electrons. The number of hydrogen-bond donors (Lipinski definition) is 1. The van der Waals surface area contributed by atoms with E-state index < -0.39 is 5.97 Å². The maximum atomic E-state index is 11.6. The molecule has 1 heterocycles. The molecule has 0 aromatic heterocycles. The van der Waals surface area contributed by atoms with Crippen LogP contribution < -0.4 is 4.74 Å². The zero-order valence-electron chi connectivity index (χ0n) is 14.4. The predicted octanol–water partition coefficient (Wildman–Crippen LogP) is 3.95. The first-order chi connectivity index (χ1) is 11.8. The topological polar surface area (TPSA) is 49.8 Å². The number of unbranched alkanes of at least 4 members (excludes halogenated alkanes) is 2.